The number of hydrogen-bond donors (Lipinski definition) is 0. The van der Waals surface area contributed by atoms with Gasteiger partial charge in [0.05, 0.1) is 4.92 Å². The van der Waals surface area contributed by atoms with Crippen molar-refractivity contribution in [2.45, 2.75) is 20.8 Å². The van der Waals surface area contributed by atoms with Gasteiger partial charge in [-0.2, -0.15) is 0 Å². The largest absolute Gasteiger partial charge is 0.308 e. The lowest BCUT2D eigenvalue weighted by Gasteiger charge is -2.23. The highest BCUT2D eigenvalue weighted by Crippen LogP contribution is 2.24. The van der Waals surface area contributed by atoms with E-state index >= 15 is 0 Å². The van der Waals surface area contributed by atoms with Crippen molar-refractivity contribution in [3.8, 4) is 0 Å². The van der Waals surface area contributed by atoms with Gasteiger partial charge in [-0.1, -0.05) is 12.1 Å². The molecule has 5 heteroatoms. The number of non-ortho nitro benzene ring substituents is 1. The summed E-state index contributed by atoms with van der Waals surface area (Å²) in [6.45, 7) is 6.37. The van der Waals surface area contributed by atoms with Crippen LogP contribution in [0.2, 0.25) is 0 Å². The summed E-state index contributed by atoms with van der Waals surface area (Å²) in [5.74, 6) is -0.161. The number of amides is 1. The van der Waals surface area contributed by atoms with E-state index in [0.717, 1.165) is 16.8 Å². The molecule has 0 bridgehead atoms. The van der Waals surface area contributed by atoms with E-state index in [1.54, 1.807) is 4.90 Å². The van der Waals surface area contributed by atoms with E-state index in [0.29, 0.717) is 12.1 Å². The molecule has 0 unspecified atom stereocenters. The zero-order valence-electron chi connectivity index (χ0n) is 12.9. The molecule has 5 nitrogen and oxygen atoms in total. The second-order valence-corrected chi connectivity index (χ2v) is 5.14. The second-order valence-electron chi connectivity index (χ2n) is 5.14. The number of nitro benzene ring substituents is 1. The number of carbonyl (C=O) groups excluding carboxylic acids is 1. The van der Waals surface area contributed by atoms with Crippen LogP contribution in [0.3, 0.4) is 0 Å². The van der Waals surface area contributed by atoms with Gasteiger partial charge < -0.3 is 4.90 Å². The molecule has 0 aromatic heterocycles. The summed E-state index contributed by atoms with van der Waals surface area (Å²) < 4.78 is 0. The van der Waals surface area contributed by atoms with E-state index in [9.17, 15) is 14.9 Å². The molecule has 0 aliphatic heterocycles. The zero-order valence-corrected chi connectivity index (χ0v) is 12.9. The highest BCUT2D eigenvalue weighted by Gasteiger charge is 2.18. The lowest BCUT2D eigenvalue weighted by atomic mass is 10.1. The molecule has 114 valence electrons. The maximum absolute atomic E-state index is 12.7. The first kappa shape index (κ1) is 15.7. The quantitative estimate of drug-likeness (QED) is 0.635. The van der Waals surface area contributed by atoms with Crippen LogP contribution in [0.5, 0.6) is 0 Å². The fourth-order valence-electron chi connectivity index (χ4n) is 2.32. The summed E-state index contributed by atoms with van der Waals surface area (Å²) in [4.78, 5) is 24.6. The molecule has 1 amide bonds. The van der Waals surface area contributed by atoms with Crippen LogP contribution in [0, 0.1) is 24.0 Å². The van der Waals surface area contributed by atoms with Crippen LogP contribution in [0.15, 0.2) is 42.5 Å². The lowest BCUT2D eigenvalue weighted by molar-refractivity contribution is -0.384. The van der Waals surface area contributed by atoms with Gasteiger partial charge in [0.15, 0.2) is 0 Å². The van der Waals surface area contributed by atoms with Gasteiger partial charge in [0.1, 0.15) is 0 Å². The highest BCUT2D eigenvalue weighted by molar-refractivity contribution is 6.06. The van der Waals surface area contributed by atoms with Crippen LogP contribution in [0.4, 0.5) is 11.4 Å². The number of aryl methyl sites for hydroxylation is 2. The Kier molecular flexibility index (Phi) is 4.56. The van der Waals surface area contributed by atoms with Crippen molar-refractivity contribution in [2.24, 2.45) is 0 Å². The van der Waals surface area contributed by atoms with Gasteiger partial charge in [-0.05, 0) is 50.1 Å². The van der Waals surface area contributed by atoms with Crippen LogP contribution < -0.4 is 4.90 Å². The Bertz CT molecular complexity index is 708. The predicted molar refractivity (Wildman–Crippen MR) is 86.4 cm³/mol. The summed E-state index contributed by atoms with van der Waals surface area (Å²) >= 11 is 0. The molecule has 2 aromatic carbocycles. The predicted octanol–water partition coefficient (Wildman–Crippen LogP) is 3.88. The summed E-state index contributed by atoms with van der Waals surface area (Å²) in [7, 11) is 0. The Morgan fingerprint density at radius 2 is 1.77 bits per heavy atom. The fourth-order valence-corrected chi connectivity index (χ4v) is 2.32. The van der Waals surface area contributed by atoms with E-state index in [2.05, 4.69) is 0 Å². The molecule has 0 atom stereocenters. The van der Waals surface area contributed by atoms with Crippen molar-refractivity contribution < 1.29 is 9.72 Å². The number of carbonyl (C=O) groups is 1. The molecule has 0 radical (unpaired) electrons. The summed E-state index contributed by atoms with van der Waals surface area (Å²) in [6, 6.07) is 11.7. The van der Waals surface area contributed by atoms with Gasteiger partial charge in [-0.25, -0.2) is 0 Å². The molecule has 0 saturated heterocycles. The third-order valence-corrected chi connectivity index (χ3v) is 3.54. The van der Waals surface area contributed by atoms with Crippen molar-refractivity contribution >= 4 is 17.3 Å². The molecule has 0 heterocycles. The van der Waals surface area contributed by atoms with Crippen molar-refractivity contribution in [1.82, 2.24) is 0 Å². The van der Waals surface area contributed by atoms with Gasteiger partial charge in [0.25, 0.3) is 11.6 Å². The first-order chi connectivity index (χ1) is 10.4. The first-order valence-electron chi connectivity index (χ1n) is 7.07. The van der Waals surface area contributed by atoms with Crippen LogP contribution in [0.1, 0.15) is 28.4 Å². The monoisotopic (exact) mass is 298 g/mol. The van der Waals surface area contributed by atoms with E-state index in [4.69, 9.17) is 0 Å². The molecular formula is C17H18N2O3. The maximum Gasteiger partial charge on any atom is 0.269 e. The Morgan fingerprint density at radius 3 is 2.32 bits per heavy atom. The Morgan fingerprint density at radius 1 is 1.14 bits per heavy atom. The van der Waals surface area contributed by atoms with Gasteiger partial charge in [-0.15, -0.1) is 0 Å². The SMILES string of the molecule is CCN(C(=O)c1ccc([N+](=O)[O-])cc1)c1cc(C)ccc1C. The van der Waals surface area contributed by atoms with Crippen LogP contribution in [-0.4, -0.2) is 17.4 Å². The highest BCUT2D eigenvalue weighted by atomic mass is 16.6. The van der Waals surface area contributed by atoms with E-state index in [-0.39, 0.29) is 11.6 Å². The third-order valence-electron chi connectivity index (χ3n) is 3.54. The minimum atomic E-state index is -0.476. The van der Waals surface area contributed by atoms with E-state index in [1.807, 2.05) is 39.0 Å². The summed E-state index contributed by atoms with van der Waals surface area (Å²) in [5, 5.41) is 10.7. The fraction of sp³-hybridized carbons (Fsp3) is 0.235. The van der Waals surface area contributed by atoms with E-state index < -0.39 is 4.92 Å². The summed E-state index contributed by atoms with van der Waals surface area (Å²) in [6.07, 6.45) is 0. The summed E-state index contributed by atoms with van der Waals surface area (Å²) in [5.41, 5.74) is 3.38. The number of rotatable bonds is 4. The minimum absolute atomic E-state index is 0.0219. The van der Waals surface area contributed by atoms with Crippen molar-refractivity contribution in [3.05, 3.63) is 69.3 Å². The van der Waals surface area contributed by atoms with Crippen LogP contribution in [-0.2, 0) is 0 Å². The average Bonchev–Trinajstić information content (AvgIpc) is 2.51. The molecule has 0 aliphatic carbocycles. The number of nitro groups is 1. The first-order valence-corrected chi connectivity index (χ1v) is 7.07. The molecule has 2 aromatic rings. The minimum Gasteiger partial charge on any atom is -0.308 e. The van der Waals surface area contributed by atoms with Crippen molar-refractivity contribution in [1.29, 1.82) is 0 Å². The molecule has 2 rings (SSSR count). The molecule has 0 N–H and O–H groups in total. The topological polar surface area (TPSA) is 63.5 Å². The number of benzene rings is 2. The number of hydrogen-bond acceptors (Lipinski definition) is 3. The normalized spacial score (nSPS) is 10.3. The van der Waals surface area contributed by atoms with Gasteiger partial charge in [0.2, 0.25) is 0 Å². The molecule has 0 saturated carbocycles. The smallest absolute Gasteiger partial charge is 0.269 e. The zero-order chi connectivity index (χ0) is 16.3. The Hall–Kier alpha value is -2.69. The lowest BCUT2D eigenvalue weighted by Crippen LogP contribution is -2.31. The Labute approximate surface area is 129 Å². The molecule has 0 fully saturated rings. The van der Waals surface area contributed by atoms with Gasteiger partial charge in [0, 0.05) is 29.9 Å². The van der Waals surface area contributed by atoms with Crippen molar-refractivity contribution in [3.63, 3.8) is 0 Å². The van der Waals surface area contributed by atoms with Crippen LogP contribution >= 0.6 is 0 Å². The standard InChI is InChI=1S/C17H18N2O3/c1-4-18(16-11-12(2)5-6-13(16)3)17(20)14-7-9-15(10-8-14)19(21)22/h5-11H,4H2,1-3H3. The van der Waals surface area contributed by atoms with Crippen LogP contribution in [0.25, 0.3) is 0 Å². The molecule has 0 aliphatic rings. The number of anilines is 1. The van der Waals surface area contributed by atoms with Gasteiger partial charge >= 0.3 is 0 Å². The molecule has 22 heavy (non-hydrogen) atoms. The molecular weight excluding hydrogens is 280 g/mol. The Balaban J connectivity index is 2.36. The third kappa shape index (κ3) is 3.14. The average molecular weight is 298 g/mol. The van der Waals surface area contributed by atoms with Crippen molar-refractivity contribution in [2.75, 3.05) is 11.4 Å². The second kappa shape index (κ2) is 6.39. The van der Waals surface area contributed by atoms with E-state index in [1.165, 1.54) is 24.3 Å². The number of nitrogens with zero attached hydrogens (tertiary/aromatic N) is 2. The maximum atomic E-state index is 12.7. The molecule has 0 spiro atoms. The van der Waals surface area contributed by atoms with Gasteiger partial charge in [-0.3, -0.25) is 14.9 Å².